The van der Waals surface area contributed by atoms with Crippen molar-refractivity contribution in [1.29, 1.82) is 0 Å². The molecule has 28 heavy (non-hydrogen) atoms. The third-order valence-electron chi connectivity index (χ3n) is 7.15. The van der Waals surface area contributed by atoms with Gasteiger partial charge in [0, 0.05) is 22.6 Å². The Hall–Kier alpha value is -2.43. The molecule has 0 amide bonds. The largest absolute Gasteiger partial charge is 0.493 e. The van der Waals surface area contributed by atoms with Gasteiger partial charge in [-0.05, 0) is 55.4 Å². The standard InChI is InChI=1S/C23H23FO4/c1-11-3-2-4-12-7-14(9-15(11)12)20-18(24)10-16-19-13(5-6-28-22(19)20)8-17(21(16)25)23(26)27/h2-3,8,10-15H,4-7,9H2,1H3,(H,26,27). The number of aliphatic carboxylic acids is 1. The van der Waals surface area contributed by atoms with E-state index < -0.39 is 17.6 Å². The SMILES string of the molecule is CC1C=CCC2CC(c3c(F)cc4c5c3OCCC5C=C(C(=O)O)C4=O)CC12. The predicted octanol–water partition coefficient (Wildman–Crippen LogP) is 4.60. The van der Waals surface area contributed by atoms with Gasteiger partial charge in [0.05, 0.1) is 6.61 Å². The Balaban J connectivity index is 1.60. The molecule has 1 saturated carbocycles. The first-order chi connectivity index (χ1) is 13.5. The number of carboxylic acid groups (broad SMARTS) is 1. The van der Waals surface area contributed by atoms with E-state index in [4.69, 9.17) is 4.74 Å². The molecule has 3 aliphatic carbocycles. The Bertz CT molecular complexity index is 944. The highest BCUT2D eigenvalue weighted by molar-refractivity contribution is 6.25. The lowest BCUT2D eigenvalue weighted by Crippen LogP contribution is -2.27. The summed E-state index contributed by atoms with van der Waals surface area (Å²) < 4.78 is 21.2. The van der Waals surface area contributed by atoms with Crippen molar-refractivity contribution in [2.45, 2.75) is 44.4 Å². The van der Waals surface area contributed by atoms with Gasteiger partial charge < -0.3 is 9.84 Å². The van der Waals surface area contributed by atoms with Crippen LogP contribution >= 0.6 is 0 Å². The third-order valence-corrected chi connectivity index (χ3v) is 7.15. The Morgan fingerprint density at radius 1 is 1.29 bits per heavy atom. The molecule has 5 atom stereocenters. The Kier molecular flexibility index (Phi) is 3.97. The molecule has 0 bridgehead atoms. The maximum Gasteiger partial charge on any atom is 0.339 e. The highest BCUT2D eigenvalue weighted by Crippen LogP contribution is 2.54. The Labute approximate surface area is 163 Å². The van der Waals surface area contributed by atoms with Crippen molar-refractivity contribution in [3.8, 4) is 5.75 Å². The van der Waals surface area contributed by atoms with Gasteiger partial charge in [0.15, 0.2) is 0 Å². The number of hydrogen-bond donors (Lipinski definition) is 1. The van der Waals surface area contributed by atoms with Crippen molar-refractivity contribution in [3.63, 3.8) is 0 Å². The fourth-order valence-electron chi connectivity index (χ4n) is 5.86. The Morgan fingerprint density at radius 3 is 2.86 bits per heavy atom. The zero-order valence-electron chi connectivity index (χ0n) is 15.8. The third kappa shape index (κ3) is 2.48. The van der Waals surface area contributed by atoms with E-state index in [9.17, 15) is 14.7 Å². The van der Waals surface area contributed by atoms with E-state index in [0.29, 0.717) is 47.7 Å². The summed E-state index contributed by atoms with van der Waals surface area (Å²) in [6.45, 7) is 2.63. The van der Waals surface area contributed by atoms with E-state index >= 15 is 4.39 Å². The molecule has 146 valence electrons. The summed E-state index contributed by atoms with van der Waals surface area (Å²) in [5.74, 6) is -0.310. The summed E-state index contributed by atoms with van der Waals surface area (Å²) in [5, 5.41) is 9.35. The molecule has 1 heterocycles. The van der Waals surface area contributed by atoms with Crippen LogP contribution in [0.15, 0.2) is 29.9 Å². The second-order valence-electron chi connectivity index (χ2n) is 8.64. The van der Waals surface area contributed by atoms with Crippen molar-refractivity contribution in [2.24, 2.45) is 17.8 Å². The minimum Gasteiger partial charge on any atom is -0.493 e. The number of ketones is 1. The summed E-state index contributed by atoms with van der Waals surface area (Å²) in [6, 6.07) is 1.26. The van der Waals surface area contributed by atoms with Crippen LogP contribution in [0.3, 0.4) is 0 Å². The lowest BCUT2D eigenvalue weighted by atomic mass is 9.77. The number of hydrogen-bond acceptors (Lipinski definition) is 3. The van der Waals surface area contributed by atoms with Crippen LogP contribution < -0.4 is 4.74 Å². The number of benzene rings is 1. The van der Waals surface area contributed by atoms with Crippen molar-refractivity contribution in [2.75, 3.05) is 6.61 Å². The monoisotopic (exact) mass is 382 g/mol. The molecule has 5 rings (SSSR count). The average molecular weight is 382 g/mol. The van der Waals surface area contributed by atoms with Crippen molar-refractivity contribution >= 4 is 11.8 Å². The molecule has 1 aliphatic heterocycles. The van der Waals surface area contributed by atoms with Crippen molar-refractivity contribution in [3.05, 3.63) is 52.4 Å². The molecule has 1 aromatic carbocycles. The average Bonchev–Trinajstić information content (AvgIpc) is 3.09. The van der Waals surface area contributed by atoms with E-state index in [0.717, 1.165) is 19.3 Å². The smallest absolute Gasteiger partial charge is 0.339 e. The van der Waals surface area contributed by atoms with Gasteiger partial charge in [-0.1, -0.05) is 25.2 Å². The number of fused-ring (bicyclic) bond motifs is 1. The van der Waals surface area contributed by atoms with Crippen LogP contribution in [0.2, 0.25) is 0 Å². The highest BCUT2D eigenvalue weighted by Gasteiger charge is 2.43. The van der Waals surface area contributed by atoms with Gasteiger partial charge in [-0.15, -0.1) is 0 Å². The first-order valence-corrected chi connectivity index (χ1v) is 10.1. The molecular formula is C23H23FO4. The molecule has 5 unspecified atom stereocenters. The molecule has 0 aromatic heterocycles. The summed E-state index contributed by atoms with van der Waals surface area (Å²) in [6.07, 6.45) is 9.54. The zero-order chi connectivity index (χ0) is 19.6. The molecule has 1 aromatic rings. The van der Waals surface area contributed by atoms with Crippen LogP contribution in [0.4, 0.5) is 4.39 Å². The number of rotatable bonds is 2. The fourth-order valence-corrected chi connectivity index (χ4v) is 5.86. The topological polar surface area (TPSA) is 63.6 Å². The van der Waals surface area contributed by atoms with E-state index in [1.54, 1.807) is 0 Å². The zero-order valence-corrected chi connectivity index (χ0v) is 15.8. The van der Waals surface area contributed by atoms with Gasteiger partial charge in [-0.2, -0.15) is 0 Å². The van der Waals surface area contributed by atoms with E-state index in [1.165, 1.54) is 12.1 Å². The summed E-state index contributed by atoms with van der Waals surface area (Å²) in [5.41, 5.74) is 1.19. The first-order valence-electron chi connectivity index (χ1n) is 10.1. The molecule has 1 N–H and O–H groups in total. The van der Waals surface area contributed by atoms with Crippen LogP contribution in [-0.2, 0) is 4.79 Å². The quantitative estimate of drug-likeness (QED) is 0.600. The number of carboxylic acids is 1. The van der Waals surface area contributed by atoms with E-state index in [2.05, 4.69) is 19.1 Å². The molecule has 1 fully saturated rings. The van der Waals surface area contributed by atoms with Crippen LogP contribution in [0, 0.1) is 23.6 Å². The maximum atomic E-state index is 15.3. The first kappa shape index (κ1) is 17.7. The van der Waals surface area contributed by atoms with Gasteiger partial charge >= 0.3 is 5.97 Å². The summed E-state index contributed by atoms with van der Waals surface area (Å²) in [4.78, 5) is 24.1. The van der Waals surface area contributed by atoms with Gasteiger partial charge in [-0.25, -0.2) is 9.18 Å². The van der Waals surface area contributed by atoms with Crippen LogP contribution in [0.25, 0.3) is 0 Å². The number of allylic oxidation sites excluding steroid dienone is 3. The second-order valence-corrected chi connectivity index (χ2v) is 8.64. The van der Waals surface area contributed by atoms with Gasteiger partial charge in [0.2, 0.25) is 5.78 Å². The molecule has 4 aliphatic rings. The molecule has 4 nitrogen and oxygen atoms in total. The minimum atomic E-state index is -1.26. The second kappa shape index (κ2) is 6.29. The van der Waals surface area contributed by atoms with Gasteiger partial charge in [0.1, 0.15) is 17.1 Å². The molecule has 0 radical (unpaired) electrons. The molecule has 5 heteroatoms. The molecular weight excluding hydrogens is 359 g/mol. The fraction of sp³-hybridized carbons (Fsp3) is 0.478. The normalized spacial score (nSPS) is 33.0. The van der Waals surface area contributed by atoms with Crippen molar-refractivity contribution in [1.82, 2.24) is 0 Å². The number of ether oxygens (including phenoxy) is 1. The molecule has 0 saturated heterocycles. The van der Waals surface area contributed by atoms with Gasteiger partial charge in [-0.3, -0.25) is 4.79 Å². The van der Waals surface area contributed by atoms with Crippen LogP contribution in [0.5, 0.6) is 5.75 Å². The predicted molar refractivity (Wildman–Crippen MR) is 101 cm³/mol. The van der Waals surface area contributed by atoms with Crippen LogP contribution in [0.1, 0.15) is 65.9 Å². The Morgan fingerprint density at radius 2 is 2.11 bits per heavy atom. The minimum absolute atomic E-state index is 0.0800. The number of Topliss-reactive ketones (excluding diaryl/α,β-unsaturated/α-hetero) is 1. The molecule has 0 spiro atoms. The lowest BCUT2D eigenvalue weighted by molar-refractivity contribution is -0.132. The van der Waals surface area contributed by atoms with Gasteiger partial charge in [0.25, 0.3) is 0 Å². The number of halogens is 1. The number of carbonyl (C=O) groups is 2. The van der Waals surface area contributed by atoms with E-state index in [-0.39, 0.29) is 23.0 Å². The highest BCUT2D eigenvalue weighted by atomic mass is 19.1. The van der Waals surface area contributed by atoms with Crippen molar-refractivity contribution < 1.29 is 23.8 Å². The van der Waals surface area contributed by atoms with E-state index in [1.807, 2.05) is 0 Å². The lowest BCUT2D eigenvalue weighted by Gasteiger charge is -2.32. The summed E-state index contributed by atoms with van der Waals surface area (Å²) in [7, 11) is 0. The maximum absolute atomic E-state index is 15.3. The number of carbonyl (C=O) groups excluding carboxylic acids is 1. The van der Waals surface area contributed by atoms with Crippen LogP contribution in [-0.4, -0.2) is 23.5 Å². The summed E-state index contributed by atoms with van der Waals surface area (Å²) >= 11 is 0.